The van der Waals surface area contributed by atoms with E-state index in [4.69, 9.17) is 10.8 Å². The van der Waals surface area contributed by atoms with E-state index >= 15 is 0 Å². The molecule has 2 heterocycles. The summed E-state index contributed by atoms with van der Waals surface area (Å²) >= 11 is 1.06. The molecule has 9 heteroatoms. The highest BCUT2D eigenvalue weighted by atomic mass is 32.2. The Labute approximate surface area is 113 Å². The Morgan fingerprint density at radius 1 is 1.42 bits per heavy atom. The summed E-state index contributed by atoms with van der Waals surface area (Å²) in [6, 6.07) is 0. The smallest absolute Gasteiger partial charge is 0.313 e. The van der Waals surface area contributed by atoms with Gasteiger partial charge in [-0.2, -0.15) is 0 Å². The minimum Gasteiger partial charge on any atom is -0.481 e. The average molecular weight is 280 g/mol. The summed E-state index contributed by atoms with van der Waals surface area (Å²) in [5.41, 5.74) is 7.23. The number of hydrogen-bond acceptors (Lipinski definition) is 7. The van der Waals surface area contributed by atoms with Crippen LogP contribution in [-0.2, 0) is 11.3 Å². The van der Waals surface area contributed by atoms with Gasteiger partial charge in [0.15, 0.2) is 5.16 Å². The number of aryl methyl sites for hydroxylation is 1. The van der Waals surface area contributed by atoms with Crippen molar-refractivity contribution in [3.63, 3.8) is 0 Å². The molecule has 0 radical (unpaired) electrons. The molecule has 8 nitrogen and oxygen atoms in total. The Morgan fingerprint density at radius 3 is 2.84 bits per heavy atom. The van der Waals surface area contributed by atoms with E-state index in [9.17, 15) is 4.79 Å². The molecule has 0 aliphatic heterocycles. The Kier molecular flexibility index (Phi) is 3.95. The van der Waals surface area contributed by atoms with Crippen LogP contribution in [0.5, 0.6) is 0 Å². The predicted octanol–water partition coefficient (Wildman–Crippen LogP) is 0.184. The van der Waals surface area contributed by atoms with Crippen LogP contribution in [0.15, 0.2) is 17.6 Å². The highest BCUT2D eigenvalue weighted by Crippen LogP contribution is 2.18. The summed E-state index contributed by atoms with van der Waals surface area (Å²) in [5.74, 6) is -0.805. The Hall–Kier alpha value is -2.16. The summed E-state index contributed by atoms with van der Waals surface area (Å²) in [7, 11) is 0. The zero-order valence-electron chi connectivity index (χ0n) is 10.1. The normalized spacial score (nSPS) is 10.6. The van der Waals surface area contributed by atoms with E-state index in [-0.39, 0.29) is 11.7 Å². The molecule has 2 aromatic rings. The lowest BCUT2D eigenvalue weighted by atomic mass is 10.4. The molecule has 0 saturated carbocycles. The quantitative estimate of drug-likeness (QED) is 0.744. The first-order valence-electron chi connectivity index (χ1n) is 5.37. The van der Waals surface area contributed by atoms with Crippen molar-refractivity contribution in [3.8, 4) is 0 Å². The third kappa shape index (κ3) is 3.41. The fourth-order valence-electron chi connectivity index (χ4n) is 1.34. The second-order valence-electron chi connectivity index (χ2n) is 3.76. The Morgan fingerprint density at radius 2 is 2.21 bits per heavy atom. The van der Waals surface area contributed by atoms with E-state index in [1.165, 1.54) is 0 Å². The highest BCUT2D eigenvalue weighted by Gasteiger charge is 2.12. The van der Waals surface area contributed by atoms with Crippen LogP contribution < -0.4 is 5.73 Å². The minimum absolute atomic E-state index is 0.0995. The number of aromatic nitrogens is 5. The van der Waals surface area contributed by atoms with Crippen LogP contribution in [0.25, 0.3) is 0 Å². The van der Waals surface area contributed by atoms with E-state index in [0.717, 1.165) is 17.5 Å². The third-order valence-corrected chi connectivity index (χ3v) is 3.18. The van der Waals surface area contributed by atoms with Gasteiger partial charge in [0.2, 0.25) is 5.95 Å². The molecule has 19 heavy (non-hydrogen) atoms. The molecule has 0 amide bonds. The van der Waals surface area contributed by atoms with Crippen molar-refractivity contribution in [2.75, 3.05) is 11.5 Å². The van der Waals surface area contributed by atoms with Gasteiger partial charge in [-0.1, -0.05) is 11.8 Å². The van der Waals surface area contributed by atoms with Crippen LogP contribution in [0, 0.1) is 6.92 Å². The van der Waals surface area contributed by atoms with Crippen molar-refractivity contribution >= 4 is 23.7 Å². The zero-order valence-corrected chi connectivity index (χ0v) is 11.0. The number of hydrogen-bond donors (Lipinski definition) is 2. The minimum atomic E-state index is -0.923. The van der Waals surface area contributed by atoms with Gasteiger partial charge in [0, 0.05) is 6.20 Å². The molecule has 2 aromatic heterocycles. The van der Waals surface area contributed by atoms with Gasteiger partial charge in [-0.25, -0.2) is 0 Å². The van der Waals surface area contributed by atoms with Crippen LogP contribution in [0.3, 0.4) is 0 Å². The first-order chi connectivity index (χ1) is 9.06. The third-order valence-electron chi connectivity index (χ3n) is 2.22. The van der Waals surface area contributed by atoms with Crippen molar-refractivity contribution in [2.45, 2.75) is 18.6 Å². The molecule has 0 unspecified atom stereocenters. The van der Waals surface area contributed by atoms with E-state index in [2.05, 4.69) is 20.2 Å². The molecule has 0 spiro atoms. The van der Waals surface area contributed by atoms with Gasteiger partial charge in [0.25, 0.3) is 0 Å². The predicted molar refractivity (Wildman–Crippen MR) is 68.7 cm³/mol. The van der Waals surface area contributed by atoms with E-state index in [1.54, 1.807) is 17.0 Å². The first-order valence-corrected chi connectivity index (χ1v) is 6.35. The van der Waals surface area contributed by atoms with Crippen LogP contribution in [0.4, 0.5) is 5.95 Å². The van der Waals surface area contributed by atoms with Crippen LogP contribution >= 0.6 is 11.8 Å². The highest BCUT2D eigenvalue weighted by molar-refractivity contribution is 7.99. The van der Waals surface area contributed by atoms with E-state index < -0.39 is 5.97 Å². The topological polar surface area (TPSA) is 120 Å². The second kappa shape index (κ2) is 5.65. The monoisotopic (exact) mass is 280 g/mol. The second-order valence-corrected chi connectivity index (χ2v) is 4.70. The molecule has 0 aliphatic rings. The van der Waals surface area contributed by atoms with Crippen LogP contribution in [-0.4, -0.2) is 41.6 Å². The van der Waals surface area contributed by atoms with Crippen LogP contribution in [0.1, 0.15) is 11.4 Å². The summed E-state index contributed by atoms with van der Waals surface area (Å²) in [4.78, 5) is 18.9. The molecule has 100 valence electrons. The number of nitrogen functional groups attached to an aromatic ring is 1. The SMILES string of the molecule is Cc1cnc(Cn2c(N)nnc2SCC(=O)O)cn1. The van der Waals surface area contributed by atoms with E-state index in [0.29, 0.717) is 17.4 Å². The lowest BCUT2D eigenvalue weighted by Gasteiger charge is -2.06. The Balaban J connectivity index is 2.16. The molecule has 3 N–H and O–H groups in total. The van der Waals surface area contributed by atoms with Gasteiger partial charge >= 0.3 is 5.97 Å². The van der Waals surface area contributed by atoms with Crippen molar-refractivity contribution in [3.05, 3.63) is 23.8 Å². The van der Waals surface area contributed by atoms with Gasteiger partial charge < -0.3 is 10.8 Å². The van der Waals surface area contributed by atoms with Gasteiger partial charge in [-0.15, -0.1) is 10.2 Å². The maximum atomic E-state index is 10.6. The molecule has 0 aliphatic carbocycles. The van der Waals surface area contributed by atoms with Crippen molar-refractivity contribution < 1.29 is 9.90 Å². The lowest BCUT2D eigenvalue weighted by Crippen LogP contribution is -2.09. The molecular formula is C10H12N6O2S. The Bertz CT molecular complexity index is 582. The maximum Gasteiger partial charge on any atom is 0.313 e. The number of anilines is 1. The number of carboxylic acids is 1. The molecule has 0 saturated heterocycles. The maximum absolute atomic E-state index is 10.6. The largest absolute Gasteiger partial charge is 0.481 e. The molecular weight excluding hydrogens is 268 g/mol. The standard InChI is InChI=1S/C10H12N6O2S/c1-6-2-13-7(3-12-6)4-16-9(11)14-15-10(16)19-5-8(17)18/h2-3H,4-5H2,1H3,(H2,11,14)(H,17,18). The number of aliphatic carboxylic acids is 1. The average Bonchev–Trinajstić information content (AvgIpc) is 2.71. The number of nitrogens with zero attached hydrogens (tertiary/aromatic N) is 5. The van der Waals surface area contributed by atoms with Gasteiger partial charge in [0.1, 0.15) is 0 Å². The lowest BCUT2D eigenvalue weighted by molar-refractivity contribution is -0.133. The van der Waals surface area contributed by atoms with Crippen molar-refractivity contribution in [2.24, 2.45) is 0 Å². The number of rotatable bonds is 5. The zero-order chi connectivity index (χ0) is 13.8. The van der Waals surface area contributed by atoms with Gasteiger partial charge in [-0.05, 0) is 6.92 Å². The molecule has 2 rings (SSSR count). The van der Waals surface area contributed by atoms with E-state index in [1.807, 2.05) is 6.92 Å². The number of carbonyl (C=O) groups is 1. The molecule has 0 aromatic carbocycles. The summed E-state index contributed by atoms with van der Waals surface area (Å²) in [6.07, 6.45) is 3.29. The van der Waals surface area contributed by atoms with Crippen LogP contribution in [0.2, 0.25) is 0 Å². The first kappa shape index (κ1) is 13.3. The summed E-state index contributed by atoms with van der Waals surface area (Å²) in [5, 5.41) is 16.7. The van der Waals surface area contributed by atoms with Crippen molar-refractivity contribution in [1.29, 1.82) is 0 Å². The van der Waals surface area contributed by atoms with Gasteiger partial charge in [-0.3, -0.25) is 19.3 Å². The summed E-state index contributed by atoms with van der Waals surface area (Å²) < 4.78 is 1.60. The molecule has 0 bridgehead atoms. The molecule has 0 atom stereocenters. The summed E-state index contributed by atoms with van der Waals surface area (Å²) in [6.45, 7) is 2.20. The van der Waals surface area contributed by atoms with Crippen molar-refractivity contribution in [1.82, 2.24) is 24.7 Å². The molecule has 0 fully saturated rings. The fourth-order valence-corrected chi connectivity index (χ4v) is 2.01. The number of carboxylic acid groups (broad SMARTS) is 1. The number of nitrogens with two attached hydrogens (primary N) is 1. The fraction of sp³-hybridized carbons (Fsp3) is 0.300. The number of thioether (sulfide) groups is 1. The van der Waals surface area contributed by atoms with Gasteiger partial charge in [0.05, 0.1) is 29.9 Å².